The van der Waals surface area contributed by atoms with E-state index in [2.05, 4.69) is 26.2 Å². The van der Waals surface area contributed by atoms with E-state index in [1.165, 1.54) is 13.2 Å². The van der Waals surface area contributed by atoms with E-state index in [9.17, 15) is 4.39 Å². The molecular weight excluding hydrogens is 323 g/mol. The molecule has 0 spiro atoms. The summed E-state index contributed by atoms with van der Waals surface area (Å²) in [5, 5.41) is 3.27. The van der Waals surface area contributed by atoms with Crippen LogP contribution in [0.4, 0.5) is 10.1 Å². The van der Waals surface area contributed by atoms with Crippen LogP contribution in [-0.4, -0.2) is 12.1 Å². The SMILES string of the molecule is COc1cccc(F)c1C(C)Nc1ccc(Br)nc1C. The summed E-state index contributed by atoms with van der Waals surface area (Å²) >= 11 is 3.32. The molecule has 5 heteroatoms. The highest BCUT2D eigenvalue weighted by molar-refractivity contribution is 9.10. The predicted molar refractivity (Wildman–Crippen MR) is 81.7 cm³/mol. The molecule has 106 valence electrons. The number of hydrogen-bond acceptors (Lipinski definition) is 3. The van der Waals surface area contributed by atoms with Gasteiger partial charge in [0, 0.05) is 0 Å². The number of aryl methyl sites for hydroxylation is 1. The molecule has 0 saturated carbocycles. The topological polar surface area (TPSA) is 34.1 Å². The van der Waals surface area contributed by atoms with E-state index < -0.39 is 0 Å². The summed E-state index contributed by atoms with van der Waals surface area (Å²) in [5.41, 5.74) is 2.23. The zero-order chi connectivity index (χ0) is 14.7. The number of nitrogens with zero attached hydrogens (tertiary/aromatic N) is 1. The fourth-order valence-corrected chi connectivity index (χ4v) is 2.50. The Morgan fingerprint density at radius 3 is 2.70 bits per heavy atom. The number of halogens is 2. The second-order valence-corrected chi connectivity index (χ2v) is 5.30. The van der Waals surface area contributed by atoms with Crippen LogP contribution in [0.3, 0.4) is 0 Å². The number of anilines is 1. The van der Waals surface area contributed by atoms with Gasteiger partial charge in [-0.2, -0.15) is 0 Å². The fraction of sp³-hybridized carbons (Fsp3) is 0.267. The lowest BCUT2D eigenvalue weighted by Crippen LogP contribution is -2.11. The molecule has 1 heterocycles. The summed E-state index contributed by atoms with van der Waals surface area (Å²) < 4.78 is 20.0. The Kier molecular flexibility index (Phi) is 4.60. The normalized spacial score (nSPS) is 12.1. The summed E-state index contributed by atoms with van der Waals surface area (Å²) in [6.07, 6.45) is 0. The average Bonchev–Trinajstić information content (AvgIpc) is 2.41. The summed E-state index contributed by atoms with van der Waals surface area (Å²) in [6, 6.07) is 8.35. The van der Waals surface area contributed by atoms with Gasteiger partial charge in [-0.1, -0.05) is 6.07 Å². The van der Waals surface area contributed by atoms with Crippen molar-refractivity contribution in [3.05, 3.63) is 52.0 Å². The van der Waals surface area contributed by atoms with Gasteiger partial charge in [-0.3, -0.25) is 0 Å². The third-order valence-corrected chi connectivity index (χ3v) is 3.53. The smallest absolute Gasteiger partial charge is 0.132 e. The Morgan fingerprint density at radius 1 is 1.30 bits per heavy atom. The lowest BCUT2D eigenvalue weighted by Gasteiger charge is -2.20. The van der Waals surface area contributed by atoms with Crippen molar-refractivity contribution in [2.45, 2.75) is 19.9 Å². The molecule has 2 aromatic rings. The van der Waals surface area contributed by atoms with Gasteiger partial charge in [0.15, 0.2) is 0 Å². The zero-order valence-electron chi connectivity index (χ0n) is 11.6. The Hall–Kier alpha value is -1.62. The number of methoxy groups -OCH3 is 1. The zero-order valence-corrected chi connectivity index (χ0v) is 13.2. The maximum atomic E-state index is 14.0. The van der Waals surface area contributed by atoms with Crippen molar-refractivity contribution < 1.29 is 9.13 Å². The molecule has 2 rings (SSSR count). The Morgan fingerprint density at radius 2 is 2.05 bits per heavy atom. The molecule has 0 fully saturated rings. The van der Waals surface area contributed by atoms with Gasteiger partial charge in [0.2, 0.25) is 0 Å². The van der Waals surface area contributed by atoms with E-state index in [-0.39, 0.29) is 11.9 Å². The van der Waals surface area contributed by atoms with Gasteiger partial charge in [0.25, 0.3) is 0 Å². The molecule has 1 aromatic carbocycles. The summed E-state index contributed by atoms with van der Waals surface area (Å²) in [6.45, 7) is 3.79. The molecule has 1 aromatic heterocycles. The molecule has 0 aliphatic rings. The van der Waals surface area contributed by atoms with Gasteiger partial charge in [0.1, 0.15) is 16.2 Å². The van der Waals surface area contributed by atoms with Crippen molar-refractivity contribution in [3.8, 4) is 5.75 Å². The third kappa shape index (κ3) is 3.10. The van der Waals surface area contributed by atoms with Crippen molar-refractivity contribution in [2.24, 2.45) is 0 Å². The largest absolute Gasteiger partial charge is 0.496 e. The second-order valence-electron chi connectivity index (χ2n) is 4.49. The van der Waals surface area contributed by atoms with Gasteiger partial charge in [-0.15, -0.1) is 0 Å². The van der Waals surface area contributed by atoms with Crippen LogP contribution in [0.5, 0.6) is 5.75 Å². The van der Waals surface area contributed by atoms with Gasteiger partial charge >= 0.3 is 0 Å². The number of hydrogen-bond donors (Lipinski definition) is 1. The van der Waals surface area contributed by atoms with Crippen LogP contribution < -0.4 is 10.1 Å². The van der Waals surface area contributed by atoms with E-state index in [1.807, 2.05) is 26.0 Å². The average molecular weight is 339 g/mol. The standard InChI is InChI=1S/C15H16BrFN2O/c1-9-12(7-8-14(16)19-9)18-10(2)15-11(17)5-4-6-13(15)20-3/h4-8,10,18H,1-3H3. The van der Waals surface area contributed by atoms with Crippen LogP contribution >= 0.6 is 15.9 Å². The van der Waals surface area contributed by atoms with E-state index in [0.717, 1.165) is 16.0 Å². The van der Waals surface area contributed by atoms with Crippen LogP contribution in [0.1, 0.15) is 24.2 Å². The first-order valence-corrected chi connectivity index (χ1v) is 7.04. The molecule has 3 nitrogen and oxygen atoms in total. The highest BCUT2D eigenvalue weighted by Gasteiger charge is 2.17. The molecular formula is C15H16BrFN2O. The first-order chi connectivity index (χ1) is 9.52. The Bertz CT molecular complexity index is 619. The first kappa shape index (κ1) is 14.8. The Balaban J connectivity index is 2.30. The monoisotopic (exact) mass is 338 g/mol. The van der Waals surface area contributed by atoms with Gasteiger partial charge in [-0.05, 0) is 54.0 Å². The summed E-state index contributed by atoms with van der Waals surface area (Å²) in [4.78, 5) is 4.31. The van der Waals surface area contributed by atoms with E-state index >= 15 is 0 Å². The predicted octanol–water partition coefficient (Wildman–Crippen LogP) is 4.47. The Labute approximate surface area is 126 Å². The van der Waals surface area contributed by atoms with Crippen molar-refractivity contribution in [1.29, 1.82) is 0 Å². The van der Waals surface area contributed by atoms with Gasteiger partial charge in [0.05, 0.1) is 30.1 Å². The lowest BCUT2D eigenvalue weighted by atomic mass is 10.1. The van der Waals surface area contributed by atoms with Crippen molar-refractivity contribution >= 4 is 21.6 Å². The van der Waals surface area contributed by atoms with Crippen molar-refractivity contribution in [3.63, 3.8) is 0 Å². The minimum atomic E-state index is -0.285. The van der Waals surface area contributed by atoms with E-state index in [4.69, 9.17) is 4.74 Å². The molecule has 0 amide bonds. The molecule has 1 N–H and O–H groups in total. The van der Waals surface area contributed by atoms with Crippen LogP contribution in [-0.2, 0) is 0 Å². The minimum Gasteiger partial charge on any atom is -0.496 e. The van der Waals surface area contributed by atoms with Crippen molar-refractivity contribution in [1.82, 2.24) is 4.98 Å². The highest BCUT2D eigenvalue weighted by atomic mass is 79.9. The highest BCUT2D eigenvalue weighted by Crippen LogP contribution is 2.30. The maximum Gasteiger partial charge on any atom is 0.132 e. The van der Waals surface area contributed by atoms with Gasteiger partial charge in [-0.25, -0.2) is 9.37 Å². The second kappa shape index (κ2) is 6.22. The van der Waals surface area contributed by atoms with Crippen LogP contribution in [0.2, 0.25) is 0 Å². The number of rotatable bonds is 4. The minimum absolute atomic E-state index is 0.229. The number of ether oxygens (including phenoxy) is 1. The quantitative estimate of drug-likeness (QED) is 0.835. The first-order valence-electron chi connectivity index (χ1n) is 6.25. The lowest BCUT2D eigenvalue weighted by molar-refractivity contribution is 0.402. The molecule has 0 bridgehead atoms. The molecule has 0 aliphatic heterocycles. The number of pyridine rings is 1. The molecule has 0 aliphatic carbocycles. The fourth-order valence-electron chi connectivity index (χ4n) is 2.10. The molecule has 0 radical (unpaired) electrons. The molecule has 20 heavy (non-hydrogen) atoms. The molecule has 1 unspecified atom stereocenters. The van der Waals surface area contributed by atoms with E-state index in [1.54, 1.807) is 12.1 Å². The molecule has 1 atom stereocenters. The van der Waals surface area contributed by atoms with Crippen LogP contribution in [0.15, 0.2) is 34.9 Å². The maximum absolute atomic E-state index is 14.0. The van der Waals surface area contributed by atoms with E-state index in [0.29, 0.717) is 11.3 Å². The van der Waals surface area contributed by atoms with Crippen molar-refractivity contribution in [2.75, 3.05) is 12.4 Å². The summed E-state index contributed by atoms with van der Waals surface area (Å²) in [7, 11) is 1.54. The number of nitrogens with one attached hydrogen (secondary N) is 1. The van der Waals surface area contributed by atoms with Crippen LogP contribution in [0.25, 0.3) is 0 Å². The number of aromatic nitrogens is 1. The van der Waals surface area contributed by atoms with Crippen LogP contribution in [0, 0.1) is 12.7 Å². The third-order valence-electron chi connectivity index (χ3n) is 3.09. The van der Waals surface area contributed by atoms with Gasteiger partial charge < -0.3 is 10.1 Å². The molecule has 0 saturated heterocycles. The number of benzene rings is 1. The summed E-state index contributed by atoms with van der Waals surface area (Å²) in [5.74, 6) is 0.250.